The number of aliphatic hydroxyl groups is 1. The van der Waals surface area contributed by atoms with E-state index in [9.17, 15) is 14.0 Å². The predicted molar refractivity (Wildman–Crippen MR) is 124 cm³/mol. The monoisotopic (exact) mass is 457 g/mol. The number of halogens is 1. The van der Waals surface area contributed by atoms with Gasteiger partial charge in [0.1, 0.15) is 6.61 Å². The number of carbonyl (C=O) groups excluding carboxylic acids is 2. The van der Waals surface area contributed by atoms with Crippen molar-refractivity contribution in [2.75, 3.05) is 26.8 Å². The van der Waals surface area contributed by atoms with E-state index in [0.29, 0.717) is 24.1 Å². The molecule has 0 heterocycles. The van der Waals surface area contributed by atoms with Crippen LogP contribution >= 0.6 is 0 Å². The van der Waals surface area contributed by atoms with Crippen LogP contribution in [0.15, 0.2) is 42.5 Å². The highest BCUT2D eigenvalue weighted by molar-refractivity contribution is 5.94. The first-order chi connectivity index (χ1) is 15.9. The van der Waals surface area contributed by atoms with Gasteiger partial charge in [0.15, 0.2) is 11.6 Å². The van der Waals surface area contributed by atoms with Crippen molar-refractivity contribution < 1.29 is 23.8 Å². The Labute approximate surface area is 193 Å². The molecule has 0 bridgehead atoms. The molecule has 2 aromatic rings. The largest absolute Gasteiger partial charge is 0.494 e. The summed E-state index contributed by atoms with van der Waals surface area (Å²) >= 11 is 0. The molecule has 1 fully saturated rings. The summed E-state index contributed by atoms with van der Waals surface area (Å²) in [5.74, 6) is -0.355. The third-order valence-corrected chi connectivity index (χ3v) is 6.11. The number of amides is 2. The molecule has 0 spiro atoms. The fourth-order valence-corrected chi connectivity index (χ4v) is 4.27. The minimum atomic E-state index is -0.563. The molecule has 2 aromatic carbocycles. The number of carbonyl (C=O) groups is 2. The van der Waals surface area contributed by atoms with Crippen LogP contribution in [0, 0.1) is 5.82 Å². The Balaban J connectivity index is 1.48. The molecule has 0 saturated heterocycles. The van der Waals surface area contributed by atoms with E-state index in [1.54, 1.807) is 12.1 Å². The lowest BCUT2D eigenvalue weighted by Gasteiger charge is -2.21. The first-order valence-electron chi connectivity index (χ1n) is 11.3. The SMILES string of the molecule is COc1cc([C@@H](C)N[C@H]2CC[C@@H](c3ccc(C(=O)NCCNC(=O)CO)cc3)C2)ccc1F. The number of aliphatic hydroxyl groups excluding tert-OH is 1. The number of hydrogen-bond donors (Lipinski definition) is 4. The second-order valence-electron chi connectivity index (χ2n) is 8.38. The molecule has 3 rings (SSSR count). The number of hydrogen-bond acceptors (Lipinski definition) is 5. The van der Waals surface area contributed by atoms with Crippen molar-refractivity contribution in [2.24, 2.45) is 0 Å². The molecular weight excluding hydrogens is 425 g/mol. The van der Waals surface area contributed by atoms with Gasteiger partial charge in [0.25, 0.3) is 5.91 Å². The van der Waals surface area contributed by atoms with Gasteiger partial charge in [-0.15, -0.1) is 0 Å². The van der Waals surface area contributed by atoms with Gasteiger partial charge in [-0.3, -0.25) is 9.59 Å². The Morgan fingerprint density at radius 3 is 2.55 bits per heavy atom. The van der Waals surface area contributed by atoms with Crippen LogP contribution in [0.1, 0.15) is 59.6 Å². The van der Waals surface area contributed by atoms with Gasteiger partial charge >= 0.3 is 0 Å². The predicted octanol–water partition coefficient (Wildman–Crippen LogP) is 2.66. The zero-order valence-electron chi connectivity index (χ0n) is 19.1. The fourth-order valence-electron chi connectivity index (χ4n) is 4.27. The molecular formula is C25H32FN3O4. The quantitative estimate of drug-likeness (QED) is 0.411. The van der Waals surface area contributed by atoms with E-state index in [1.165, 1.54) is 18.7 Å². The molecule has 8 heteroatoms. The van der Waals surface area contributed by atoms with Crippen molar-refractivity contribution in [3.8, 4) is 5.75 Å². The normalized spacial score (nSPS) is 18.5. The third-order valence-electron chi connectivity index (χ3n) is 6.11. The van der Waals surface area contributed by atoms with E-state index >= 15 is 0 Å². The van der Waals surface area contributed by atoms with Gasteiger partial charge in [-0.25, -0.2) is 4.39 Å². The van der Waals surface area contributed by atoms with Crippen LogP contribution in [-0.4, -0.2) is 49.8 Å². The van der Waals surface area contributed by atoms with Gasteiger partial charge in [-0.2, -0.15) is 0 Å². The van der Waals surface area contributed by atoms with Crippen molar-refractivity contribution in [3.05, 3.63) is 65.0 Å². The molecule has 1 aliphatic rings. The van der Waals surface area contributed by atoms with Crippen LogP contribution in [-0.2, 0) is 4.79 Å². The molecule has 0 unspecified atom stereocenters. The molecule has 0 radical (unpaired) electrons. The van der Waals surface area contributed by atoms with E-state index in [0.717, 1.165) is 24.8 Å². The topological polar surface area (TPSA) is 99.7 Å². The minimum Gasteiger partial charge on any atom is -0.494 e. The molecule has 33 heavy (non-hydrogen) atoms. The number of rotatable bonds is 10. The summed E-state index contributed by atoms with van der Waals surface area (Å²) in [6.07, 6.45) is 3.11. The summed E-state index contributed by atoms with van der Waals surface area (Å²) in [7, 11) is 1.47. The number of benzene rings is 2. The highest BCUT2D eigenvalue weighted by Crippen LogP contribution is 2.35. The van der Waals surface area contributed by atoms with Crippen LogP contribution in [0.2, 0.25) is 0 Å². The van der Waals surface area contributed by atoms with E-state index in [4.69, 9.17) is 9.84 Å². The van der Waals surface area contributed by atoms with Gasteiger partial charge in [0, 0.05) is 30.7 Å². The average Bonchev–Trinajstić information content (AvgIpc) is 3.30. The summed E-state index contributed by atoms with van der Waals surface area (Å²) in [4.78, 5) is 23.2. The molecule has 0 aliphatic heterocycles. The number of nitrogens with one attached hydrogen (secondary N) is 3. The molecule has 1 saturated carbocycles. The Kier molecular flexibility index (Phi) is 8.79. The first-order valence-corrected chi connectivity index (χ1v) is 11.3. The lowest BCUT2D eigenvalue weighted by molar-refractivity contribution is -0.123. The summed E-state index contributed by atoms with van der Waals surface area (Å²) < 4.78 is 18.8. The van der Waals surface area contributed by atoms with Crippen molar-refractivity contribution in [1.82, 2.24) is 16.0 Å². The molecule has 7 nitrogen and oxygen atoms in total. The average molecular weight is 458 g/mol. The number of methoxy groups -OCH3 is 1. The van der Waals surface area contributed by atoms with Gasteiger partial charge in [0.05, 0.1) is 7.11 Å². The molecule has 3 atom stereocenters. The van der Waals surface area contributed by atoms with Crippen molar-refractivity contribution >= 4 is 11.8 Å². The second kappa shape index (κ2) is 11.8. The second-order valence-corrected chi connectivity index (χ2v) is 8.38. The Morgan fingerprint density at radius 1 is 1.12 bits per heavy atom. The van der Waals surface area contributed by atoms with E-state index in [2.05, 4.69) is 22.9 Å². The lowest BCUT2D eigenvalue weighted by Crippen LogP contribution is -2.35. The third kappa shape index (κ3) is 6.76. The maximum absolute atomic E-state index is 13.7. The van der Waals surface area contributed by atoms with Crippen LogP contribution in [0.4, 0.5) is 4.39 Å². The van der Waals surface area contributed by atoms with E-state index < -0.39 is 12.5 Å². The zero-order valence-corrected chi connectivity index (χ0v) is 19.1. The van der Waals surface area contributed by atoms with Crippen LogP contribution < -0.4 is 20.7 Å². The Hall–Kier alpha value is -2.97. The lowest BCUT2D eigenvalue weighted by atomic mass is 9.96. The smallest absolute Gasteiger partial charge is 0.251 e. The number of ether oxygens (including phenoxy) is 1. The molecule has 0 aromatic heterocycles. The molecule has 178 valence electrons. The van der Waals surface area contributed by atoms with E-state index in [1.807, 2.05) is 24.3 Å². The van der Waals surface area contributed by atoms with Crippen molar-refractivity contribution in [3.63, 3.8) is 0 Å². The maximum Gasteiger partial charge on any atom is 0.251 e. The van der Waals surface area contributed by atoms with Crippen LogP contribution in [0.5, 0.6) is 5.75 Å². The first kappa shape index (κ1) is 24.7. The minimum absolute atomic E-state index is 0.0801. The fraction of sp³-hybridized carbons (Fsp3) is 0.440. The van der Waals surface area contributed by atoms with Crippen molar-refractivity contribution in [1.29, 1.82) is 0 Å². The summed E-state index contributed by atoms with van der Waals surface area (Å²) in [6, 6.07) is 13.1. The van der Waals surface area contributed by atoms with Gasteiger partial charge < -0.3 is 25.8 Å². The standard InChI is InChI=1S/C25H32FN3O4/c1-16(19-8-10-22(26)23(14-19)33-2)29-21-9-7-20(13-21)17-3-5-18(6-4-17)25(32)28-12-11-27-24(31)15-30/h3-6,8,10,14,16,20-21,29-30H,7,9,11-13,15H2,1-2H3,(H,27,31)(H,28,32)/t16-,20-,21+/m1/s1. The van der Waals surface area contributed by atoms with Gasteiger partial charge in [-0.05, 0) is 67.5 Å². The highest BCUT2D eigenvalue weighted by Gasteiger charge is 2.27. The molecule has 2 amide bonds. The van der Waals surface area contributed by atoms with Gasteiger partial charge in [0.2, 0.25) is 5.91 Å². The van der Waals surface area contributed by atoms with Gasteiger partial charge in [-0.1, -0.05) is 18.2 Å². The van der Waals surface area contributed by atoms with E-state index in [-0.39, 0.29) is 30.1 Å². The Morgan fingerprint density at radius 2 is 1.85 bits per heavy atom. The van der Waals surface area contributed by atoms with Crippen LogP contribution in [0.25, 0.3) is 0 Å². The van der Waals surface area contributed by atoms with Crippen molar-refractivity contribution in [2.45, 2.75) is 44.2 Å². The Bertz CT molecular complexity index is 951. The molecule has 4 N–H and O–H groups in total. The summed E-state index contributed by atoms with van der Waals surface area (Å²) in [5.41, 5.74) is 2.77. The molecule has 1 aliphatic carbocycles. The summed E-state index contributed by atoms with van der Waals surface area (Å²) in [5, 5.41) is 17.5. The summed E-state index contributed by atoms with van der Waals surface area (Å²) in [6.45, 7) is 2.07. The highest BCUT2D eigenvalue weighted by atomic mass is 19.1. The van der Waals surface area contributed by atoms with Crippen LogP contribution in [0.3, 0.4) is 0 Å². The maximum atomic E-state index is 13.7. The zero-order chi connectivity index (χ0) is 23.8.